The zero-order chi connectivity index (χ0) is 30.1. The number of rotatable bonds is 5. The van der Waals surface area contributed by atoms with E-state index < -0.39 is 0 Å². The molecule has 0 aliphatic rings. The van der Waals surface area contributed by atoms with E-state index in [2.05, 4.69) is 190 Å². The third kappa shape index (κ3) is 7.12. The normalized spacial score (nSPS) is 10.5. The number of aryl methyl sites for hydroxylation is 2. The van der Waals surface area contributed by atoms with E-state index in [4.69, 9.17) is 0 Å². The standard InChI is InChI=1S/C25H20.C19H16/c1-19-9-8-14-22(15-19)25-17-23(20-10-4-2-5-11-20)16-24(18-25)21-12-6-3-7-13-21;1-15-7-5-10-17(13-15)19-12-6-11-18(14-19)16-8-3-2-4-9-16/h2-18H,1H3;2-14H,1H3. The Kier molecular flexibility index (Phi) is 8.90. The molecule has 0 spiro atoms. The van der Waals surface area contributed by atoms with Gasteiger partial charge in [0.15, 0.2) is 0 Å². The van der Waals surface area contributed by atoms with Crippen LogP contribution in [0.4, 0.5) is 0 Å². The van der Waals surface area contributed by atoms with Gasteiger partial charge in [0.05, 0.1) is 0 Å². The number of hydrogen-bond donors (Lipinski definition) is 0. The molecule has 0 saturated heterocycles. The average Bonchev–Trinajstić information content (AvgIpc) is 3.10. The Morgan fingerprint density at radius 3 is 0.864 bits per heavy atom. The maximum atomic E-state index is 2.29. The van der Waals surface area contributed by atoms with Gasteiger partial charge >= 0.3 is 0 Å². The topological polar surface area (TPSA) is 0 Å². The summed E-state index contributed by atoms with van der Waals surface area (Å²) in [5.41, 5.74) is 15.1. The molecule has 0 atom stereocenters. The third-order valence-electron chi connectivity index (χ3n) is 7.82. The molecule has 0 fully saturated rings. The van der Waals surface area contributed by atoms with Gasteiger partial charge in [-0.25, -0.2) is 0 Å². The van der Waals surface area contributed by atoms with Crippen LogP contribution in [-0.4, -0.2) is 0 Å². The molecule has 0 aliphatic heterocycles. The lowest BCUT2D eigenvalue weighted by atomic mass is 9.93. The van der Waals surface area contributed by atoms with Crippen molar-refractivity contribution >= 4 is 0 Å². The summed E-state index contributed by atoms with van der Waals surface area (Å²) in [6.45, 7) is 4.27. The van der Waals surface area contributed by atoms with E-state index in [-0.39, 0.29) is 0 Å². The lowest BCUT2D eigenvalue weighted by Crippen LogP contribution is -1.86. The van der Waals surface area contributed by atoms with Gasteiger partial charge in [-0.3, -0.25) is 0 Å². The van der Waals surface area contributed by atoms with Gasteiger partial charge in [-0.1, -0.05) is 169 Å². The molecule has 0 heteroatoms. The van der Waals surface area contributed by atoms with E-state index in [1.165, 1.54) is 66.8 Å². The molecular weight excluding hydrogens is 528 g/mol. The van der Waals surface area contributed by atoms with Gasteiger partial charge in [-0.05, 0) is 93.7 Å². The highest BCUT2D eigenvalue weighted by Crippen LogP contribution is 2.33. The smallest absolute Gasteiger partial charge is 0.0172 e. The van der Waals surface area contributed by atoms with Crippen LogP contribution in [0.3, 0.4) is 0 Å². The summed E-state index contributed by atoms with van der Waals surface area (Å²) in [6, 6.07) is 64.6. The van der Waals surface area contributed by atoms with Crippen molar-refractivity contribution in [3.63, 3.8) is 0 Å². The van der Waals surface area contributed by atoms with Gasteiger partial charge in [-0.15, -0.1) is 0 Å². The Morgan fingerprint density at radius 2 is 0.455 bits per heavy atom. The van der Waals surface area contributed by atoms with E-state index in [1.807, 2.05) is 6.07 Å². The van der Waals surface area contributed by atoms with Gasteiger partial charge in [0.2, 0.25) is 0 Å². The summed E-state index contributed by atoms with van der Waals surface area (Å²) < 4.78 is 0. The summed E-state index contributed by atoms with van der Waals surface area (Å²) in [4.78, 5) is 0. The Morgan fingerprint density at radius 1 is 0.205 bits per heavy atom. The molecule has 0 N–H and O–H groups in total. The molecule has 0 bridgehead atoms. The van der Waals surface area contributed by atoms with Crippen LogP contribution in [-0.2, 0) is 0 Å². The van der Waals surface area contributed by atoms with Gasteiger partial charge in [0, 0.05) is 0 Å². The minimum absolute atomic E-state index is 1.24. The highest BCUT2D eigenvalue weighted by Gasteiger charge is 2.07. The molecule has 0 saturated carbocycles. The maximum Gasteiger partial charge on any atom is -0.0172 e. The van der Waals surface area contributed by atoms with Crippen LogP contribution in [0.5, 0.6) is 0 Å². The molecule has 0 aromatic heterocycles. The number of hydrogen-bond acceptors (Lipinski definition) is 0. The van der Waals surface area contributed by atoms with Crippen molar-refractivity contribution < 1.29 is 0 Å². The summed E-state index contributed by atoms with van der Waals surface area (Å²) >= 11 is 0. The van der Waals surface area contributed by atoms with Crippen LogP contribution in [0.1, 0.15) is 11.1 Å². The van der Waals surface area contributed by atoms with Crippen LogP contribution in [0.25, 0.3) is 55.6 Å². The summed E-state index contributed by atoms with van der Waals surface area (Å²) in [7, 11) is 0. The Bertz CT molecular complexity index is 1890. The molecule has 7 aromatic rings. The fourth-order valence-electron chi connectivity index (χ4n) is 5.55. The van der Waals surface area contributed by atoms with Crippen molar-refractivity contribution in [1.82, 2.24) is 0 Å². The van der Waals surface area contributed by atoms with E-state index in [9.17, 15) is 0 Å². The summed E-state index contributed by atoms with van der Waals surface area (Å²) in [5.74, 6) is 0. The van der Waals surface area contributed by atoms with Crippen molar-refractivity contribution in [3.05, 3.63) is 193 Å². The zero-order valence-corrected chi connectivity index (χ0v) is 25.3. The third-order valence-corrected chi connectivity index (χ3v) is 7.82. The van der Waals surface area contributed by atoms with E-state index >= 15 is 0 Å². The van der Waals surface area contributed by atoms with Crippen molar-refractivity contribution in [2.75, 3.05) is 0 Å². The fraction of sp³-hybridized carbons (Fsp3) is 0.0455. The first kappa shape index (κ1) is 28.6. The van der Waals surface area contributed by atoms with Crippen molar-refractivity contribution in [2.24, 2.45) is 0 Å². The molecule has 0 amide bonds. The molecule has 0 aliphatic carbocycles. The molecule has 0 nitrogen and oxygen atoms in total. The molecule has 0 heterocycles. The van der Waals surface area contributed by atoms with Crippen LogP contribution in [0, 0.1) is 13.8 Å². The molecule has 0 unspecified atom stereocenters. The van der Waals surface area contributed by atoms with Gasteiger partial charge in [0.1, 0.15) is 0 Å². The second-order valence-corrected chi connectivity index (χ2v) is 11.2. The quantitative estimate of drug-likeness (QED) is 0.195. The van der Waals surface area contributed by atoms with E-state index in [0.29, 0.717) is 0 Å². The predicted molar refractivity (Wildman–Crippen MR) is 190 cm³/mol. The van der Waals surface area contributed by atoms with Crippen LogP contribution < -0.4 is 0 Å². The second kappa shape index (κ2) is 13.7. The highest BCUT2D eigenvalue weighted by atomic mass is 14.1. The first-order chi connectivity index (χ1) is 21.6. The van der Waals surface area contributed by atoms with E-state index in [1.54, 1.807) is 0 Å². The lowest BCUT2D eigenvalue weighted by Gasteiger charge is -2.11. The van der Waals surface area contributed by atoms with Crippen LogP contribution in [0.15, 0.2) is 182 Å². The Labute approximate surface area is 262 Å². The number of benzene rings is 7. The van der Waals surface area contributed by atoms with E-state index in [0.717, 1.165) is 0 Å². The molecule has 44 heavy (non-hydrogen) atoms. The second-order valence-electron chi connectivity index (χ2n) is 11.2. The minimum atomic E-state index is 1.24. The van der Waals surface area contributed by atoms with Gasteiger partial charge < -0.3 is 0 Å². The van der Waals surface area contributed by atoms with Gasteiger partial charge in [0.25, 0.3) is 0 Å². The zero-order valence-electron chi connectivity index (χ0n) is 25.3. The highest BCUT2D eigenvalue weighted by molar-refractivity contribution is 5.81. The first-order valence-electron chi connectivity index (χ1n) is 15.2. The summed E-state index contributed by atoms with van der Waals surface area (Å²) in [5, 5.41) is 0. The predicted octanol–water partition coefficient (Wildman–Crippen LogP) is 12.3. The van der Waals surface area contributed by atoms with Crippen LogP contribution in [0.2, 0.25) is 0 Å². The largest absolute Gasteiger partial charge is 0.0622 e. The Balaban J connectivity index is 0.000000162. The summed E-state index contributed by atoms with van der Waals surface area (Å²) in [6.07, 6.45) is 0. The minimum Gasteiger partial charge on any atom is -0.0622 e. The molecule has 0 radical (unpaired) electrons. The van der Waals surface area contributed by atoms with Crippen molar-refractivity contribution in [1.29, 1.82) is 0 Å². The monoisotopic (exact) mass is 564 g/mol. The molecular formula is C44H36. The fourth-order valence-corrected chi connectivity index (χ4v) is 5.55. The SMILES string of the molecule is Cc1cccc(-c2cc(-c3ccccc3)cc(-c3ccccc3)c2)c1.Cc1cccc(-c2cccc(-c3ccccc3)c2)c1. The van der Waals surface area contributed by atoms with Crippen molar-refractivity contribution in [3.8, 4) is 55.6 Å². The maximum absolute atomic E-state index is 2.29. The molecule has 7 aromatic carbocycles. The lowest BCUT2D eigenvalue weighted by molar-refractivity contribution is 1.46. The Hall–Kier alpha value is -5.46. The van der Waals surface area contributed by atoms with Crippen molar-refractivity contribution in [2.45, 2.75) is 13.8 Å². The van der Waals surface area contributed by atoms with Crippen LogP contribution >= 0.6 is 0 Å². The first-order valence-corrected chi connectivity index (χ1v) is 15.2. The van der Waals surface area contributed by atoms with Gasteiger partial charge in [-0.2, -0.15) is 0 Å². The molecule has 7 rings (SSSR count). The molecule has 212 valence electrons. The average molecular weight is 565 g/mol.